The summed E-state index contributed by atoms with van der Waals surface area (Å²) in [6.07, 6.45) is 4.13. The molecule has 0 bridgehead atoms. The van der Waals surface area contributed by atoms with E-state index in [1.807, 2.05) is 66.4 Å². The number of amides is 1. The summed E-state index contributed by atoms with van der Waals surface area (Å²) in [7, 11) is 0. The van der Waals surface area contributed by atoms with E-state index in [0.717, 1.165) is 47.6 Å². The molecule has 3 nitrogen and oxygen atoms in total. The predicted octanol–water partition coefficient (Wildman–Crippen LogP) is 5.83. The van der Waals surface area contributed by atoms with E-state index >= 15 is 0 Å². The second-order valence-corrected chi connectivity index (χ2v) is 8.19. The molecule has 0 N–H and O–H groups in total. The number of carbonyl (C=O) groups excluding carboxylic acids is 1. The lowest BCUT2D eigenvalue weighted by Crippen LogP contribution is -2.25. The molecule has 4 heteroatoms. The van der Waals surface area contributed by atoms with Crippen LogP contribution in [0.15, 0.2) is 76.3 Å². The van der Waals surface area contributed by atoms with Gasteiger partial charge in [0.15, 0.2) is 0 Å². The van der Waals surface area contributed by atoms with E-state index in [9.17, 15) is 4.79 Å². The lowest BCUT2D eigenvalue weighted by Gasteiger charge is -2.17. The maximum Gasteiger partial charge on any atom is 0.250 e. The lowest BCUT2D eigenvalue weighted by molar-refractivity contribution is -0.125. The first-order valence-electron chi connectivity index (χ1n) is 9.28. The Bertz CT molecular complexity index is 900. The molecule has 1 aliphatic carbocycles. The minimum atomic E-state index is 0.181. The van der Waals surface area contributed by atoms with Crippen LogP contribution in [0.3, 0.4) is 0 Å². The number of likely N-dealkylation sites (tertiary alicyclic amines) is 1. The van der Waals surface area contributed by atoms with Crippen molar-refractivity contribution in [2.24, 2.45) is 5.92 Å². The van der Waals surface area contributed by atoms with Gasteiger partial charge >= 0.3 is 0 Å². The van der Waals surface area contributed by atoms with Crippen LogP contribution in [0.2, 0.25) is 0 Å². The van der Waals surface area contributed by atoms with Crippen LogP contribution in [0.5, 0.6) is 11.5 Å². The molecule has 138 valence electrons. The fourth-order valence-electron chi connectivity index (χ4n) is 3.85. The van der Waals surface area contributed by atoms with Crippen molar-refractivity contribution < 1.29 is 9.53 Å². The van der Waals surface area contributed by atoms with E-state index in [1.54, 1.807) is 0 Å². The molecule has 1 unspecified atom stereocenters. The van der Waals surface area contributed by atoms with Crippen LogP contribution in [0, 0.1) is 5.92 Å². The Labute approximate surface area is 168 Å². The summed E-state index contributed by atoms with van der Waals surface area (Å²) >= 11 is 3.60. The number of para-hydroxylation sites is 1. The molecule has 1 atom stereocenters. The van der Waals surface area contributed by atoms with Gasteiger partial charge in [-0.05, 0) is 65.7 Å². The van der Waals surface area contributed by atoms with Gasteiger partial charge in [0.25, 0.3) is 5.91 Å². The Balaban J connectivity index is 1.45. The summed E-state index contributed by atoms with van der Waals surface area (Å²) in [6, 6.07) is 17.7. The maximum absolute atomic E-state index is 12.9. The van der Waals surface area contributed by atoms with E-state index in [1.165, 1.54) is 4.48 Å². The zero-order chi connectivity index (χ0) is 18.8. The summed E-state index contributed by atoms with van der Waals surface area (Å²) < 4.78 is 7.03. The van der Waals surface area contributed by atoms with E-state index < -0.39 is 0 Å². The highest BCUT2D eigenvalue weighted by molar-refractivity contribution is 9.11. The van der Waals surface area contributed by atoms with E-state index in [-0.39, 0.29) is 5.91 Å². The molecule has 1 aliphatic heterocycles. The molecular formula is C23H22BrNO2. The number of hydrogen-bond donors (Lipinski definition) is 0. The van der Waals surface area contributed by atoms with Gasteiger partial charge in [0.05, 0.1) is 0 Å². The van der Waals surface area contributed by atoms with Crippen LogP contribution in [0.1, 0.15) is 25.3 Å². The quantitative estimate of drug-likeness (QED) is 0.619. The highest BCUT2D eigenvalue weighted by Crippen LogP contribution is 2.37. The Morgan fingerprint density at radius 1 is 1.07 bits per heavy atom. The SMILES string of the molecule is CC1=C2C(=O)N(Cc3ccc(Oc4ccccc4)cc3)CC2CCC(Br)=C1. The molecule has 0 radical (unpaired) electrons. The van der Waals surface area contributed by atoms with Crippen molar-refractivity contribution in [3.05, 3.63) is 81.9 Å². The van der Waals surface area contributed by atoms with Gasteiger partial charge in [-0.15, -0.1) is 0 Å². The Morgan fingerprint density at radius 3 is 2.52 bits per heavy atom. The third-order valence-corrected chi connectivity index (χ3v) is 5.80. The van der Waals surface area contributed by atoms with Crippen LogP contribution in [-0.2, 0) is 11.3 Å². The fraction of sp³-hybridized carbons (Fsp3) is 0.261. The number of rotatable bonds is 4. The fourth-order valence-corrected chi connectivity index (χ4v) is 4.42. The highest BCUT2D eigenvalue weighted by Gasteiger charge is 2.36. The number of carbonyl (C=O) groups is 1. The third-order valence-electron chi connectivity index (χ3n) is 5.17. The van der Waals surface area contributed by atoms with Crippen molar-refractivity contribution in [1.82, 2.24) is 4.90 Å². The number of benzene rings is 2. The monoisotopic (exact) mass is 423 g/mol. The summed E-state index contributed by atoms with van der Waals surface area (Å²) in [6.45, 7) is 3.50. The number of fused-ring (bicyclic) bond motifs is 1. The molecule has 2 aliphatic rings. The first-order chi connectivity index (χ1) is 13.1. The van der Waals surface area contributed by atoms with Gasteiger partial charge in [0.2, 0.25) is 0 Å². The number of halogens is 1. The molecular weight excluding hydrogens is 402 g/mol. The smallest absolute Gasteiger partial charge is 0.250 e. The molecule has 2 aromatic rings. The van der Waals surface area contributed by atoms with Crippen molar-refractivity contribution in [2.75, 3.05) is 6.54 Å². The molecule has 1 fully saturated rings. The molecule has 1 amide bonds. The number of hydrogen-bond acceptors (Lipinski definition) is 2. The van der Waals surface area contributed by atoms with Crippen LogP contribution in [0.25, 0.3) is 0 Å². The Morgan fingerprint density at radius 2 is 1.78 bits per heavy atom. The standard InChI is InChI=1S/C23H22BrNO2/c1-16-13-19(24)10-9-18-15-25(23(26)22(16)18)14-17-7-11-21(12-8-17)27-20-5-3-2-4-6-20/h2-8,11-13,18H,9-10,14-15H2,1H3. The molecule has 1 heterocycles. The predicted molar refractivity (Wildman–Crippen MR) is 111 cm³/mol. The maximum atomic E-state index is 12.9. The van der Waals surface area contributed by atoms with Crippen molar-refractivity contribution in [3.63, 3.8) is 0 Å². The van der Waals surface area contributed by atoms with E-state index in [0.29, 0.717) is 12.5 Å². The largest absolute Gasteiger partial charge is 0.457 e. The average Bonchev–Trinajstić information content (AvgIpc) is 2.89. The topological polar surface area (TPSA) is 29.5 Å². The molecule has 1 saturated heterocycles. The van der Waals surface area contributed by atoms with Crippen molar-refractivity contribution in [2.45, 2.75) is 26.3 Å². The van der Waals surface area contributed by atoms with Crippen molar-refractivity contribution in [1.29, 1.82) is 0 Å². The van der Waals surface area contributed by atoms with Gasteiger partial charge in [0.1, 0.15) is 11.5 Å². The second kappa shape index (κ2) is 7.73. The number of nitrogens with zero attached hydrogens (tertiary/aromatic N) is 1. The normalized spacial score (nSPS) is 19.6. The summed E-state index contributed by atoms with van der Waals surface area (Å²) in [5.74, 6) is 2.14. The van der Waals surface area contributed by atoms with Gasteiger partial charge in [-0.25, -0.2) is 0 Å². The number of allylic oxidation sites excluding steroid dienone is 3. The lowest BCUT2D eigenvalue weighted by atomic mass is 9.96. The van der Waals surface area contributed by atoms with Gasteiger partial charge < -0.3 is 9.64 Å². The Kier molecular flexibility index (Phi) is 5.17. The zero-order valence-corrected chi connectivity index (χ0v) is 16.9. The minimum absolute atomic E-state index is 0.181. The van der Waals surface area contributed by atoms with E-state index in [2.05, 4.69) is 22.0 Å². The van der Waals surface area contributed by atoms with Gasteiger partial charge in [-0.1, -0.05) is 46.3 Å². The molecule has 2 aromatic carbocycles. The molecule has 4 rings (SSSR count). The van der Waals surface area contributed by atoms with Gasteiger partial charge in [-0.2, -0.15) is 0 Å². The first-order valence-corrected chi connectivity index (χ1v) is 10.1. The molecule has 0 spiro atoms. The van der Waals surface area contributed by atoms with Gasteiger partial charge in [0, 0.05) is 24.6 Å². The Hall–Kier alpha value is -2.33. The van der Waals surface area contributed by atoms with E-state index in [4.69, 9.17) is 4.74 Å². The zero-order valence-electron chi connectivity index (χ0n) is 15.3. The van der Waals surface area contributed by atoms with Crippen LogP contribution >= 0.6 is 15.9 Å². The summed E-state index contributed by atoms with van der Waals surface area (Å²) in [5.41, 5.74) is 3.21. The third kappa shape index (κ3) is 4.01. The number of ether oxygens (including phenoxy) is 1. The second-order valence-electron chi connectivity index (χ2n) is 7.17. The molecule has 27 heavy (non-hydrogen) atoms. The van der Waals surface area contributed by atoms with Crippen LogP contribution in [-0.4, -0.2) is 17.4 Å². The minimum Gasteiger partial charge on any atom is -0.457 e. The first kappa shape index (κ1) is 18.1. The van der Waals surface area contributed by atoms with Crippen molar-refractivity contribution in [3.8, 4) is 11.5 Å². The van der Waals surface area contributed by atoms with Crippen LogP contribution < -0.4 is 4.74 Å². The summed E-state index contributed by atoms with van der Waals surface area (Å²) in [4.78, 5) is 14.9. The van der Waals surface area contributed by atoms with Gasteiger partial charge in [-0.3, -0.25) is 4.79 Å². The molecule has 0 saturated carbocycles. The van der Waals surface area contributed by atoms with Crippen LogP contribution in [0.4, 0.5) is 0 Å². The van der Waals surface area contributed by atoms with Crippen molar-refractivity contribution >= 4 is 21.8 Å². The molecule has 0 aromatic heterocycles. The highest BCUT2D eigenvalue weighted by atomic mass is 79.9. The average molecular weight is 424 g/mol. The summed E-state index contributed by atoms with van der Waals surface area (Å²) in [5, 5.41) is 0.